The Labute approximate surface area is 87.8 Å². The highest BCUT2D eigenvalue weighted by molar-refractivity contribution is 7.21. The van der Waals surface area contributed by atoms with E-state index in [1.165, 1.54) is 38.2 Å². The van der Waals surface area contributed by atoms with Gasteiger partial charge in [0.15, 0.2) is 0 Å². The molecule has 1 aliphatic heterocycles. The quantitative estimate of drug-likeness (QED) is 0.678. The first-order chi connectivity index (χ1) is 6.92. The van der Waals surface area contributed by atoms with Gasteiger partial charge in [-0.2, -0.15) is 0 Å². The normalized spacial score (nSPS) is 18.6. The van der Waals surface area contributed by atoms with Crippen LogP contribution in [0.4, 0.5) is 0 Å². The van der Waals surface area contributed by atoms with Gasteiger partial charge in [0.2, 0.25) is 0 Å². The van der Waals surface area contributed by atoms with Gasteiger partial charge in [0, 0.05) is 25.5 Å². The molecule has 1 fully saturated rings. The zero-order valence-corrected chi connectivity index (χ0v) is 9.55. The number of hydrogen-bond donors (Lipinski definition) is 0. The second-order valence-corrected chi connectivity index (χ2v) is 4.00. The molecule has 2 nitrogen and oxygen atoms in total. The van der Waals surface area contributed by atoms with Crippen molar-refractivity contribution in [2.75, 3.05) is 13.1 Å². The van der Waals surface area contributed by atoms with Crippen LogP contribution in [-0.2, 0) is 0 Å². The van der Waals surface area contributed by atoms with E-state index in [2.05, 4.69) is 49.1 Å². The van der Waals surface area contributed by atoms with Gasteiger partial charge in [-0.1, -0.05) is 0 Å². The summed E-state index contributed by atoms with van der Waals surface area (Å²) in [7, 11) is 2.71. The summed E-state index contributed by atoms with van der Waals surface area (Å²) in [5.41, 5.74) is 0. The van der Waals surface area contributed by atoms with E-state index in [4.69, 9.17) is 0 Å². The fourth-order valence-electron chi connectivity index (χ4n) is 1.97. The fraction of sp³-hybridized carbons (Fsp3) is 0.455. The van der Waals surface area contributed by atoms with Crippen LogP contribution in [0.15, 0.2) is 30.3 Å². The second-order valence-electron chi connectivity index (χ2n) is 3.66. The van der Waals surface area contributed by atoms with Crippen molar-refractivity contribution >= 4 is 15.1 Å². The Balaban J connectivity index is 2.13. The molecule has 0 aromatic carbocycles. The van der Waals surface area contributed by atoms with Crippen LogP contribution in [0.25, 0.3) is 5.82 Å². The van der Waals surface area contributed by atoms with Crippen LogP contribution in [0, 0.1) is 0 Å². The lowest BCUT2D eigenvalue weighted by Crippen LogP contribution is -2.30. The lowest BCUT2D eigenvalue weighted by atomic mass is 10.1. The largest absolute Gasteiger partial charge is 0.358 e. The molecule has 1 aliphatic rings. The van der Waals surface area contributed by atoms with Gasteiger partial charge in [0.25, 0.3) is 0 Å². The molecule has 2 rings (SSSR count). The maximum Gasteiger partial charge on any atom is 0.112 e. The number of aromatic nitrogens is 1. The highest BCUT2D eigenvalue weighted by atomic mass is 31.0. The summed E-state index contributed by atoms with van der Waals surface area (Å²) >= 11 is 0. The van der Waals surface area contributed by atoms with E-state index in [9.17, 15) is 0 Å². The number of piperidine rings is 1. The van der Waals surface area contributed by atoms with E-state index in [1.54, 1.807) is 0 Å². The molecule has 1 aromatic rings. The van der Waals surface area contributed by atoms with Crippen molar-refractivity contribution in [1.82, 2.24) is 9.47 Å². The molecule has 0 N–H and O–H groups in total. The van der Waals surface area contributed by atoms with Crippen LogP contribution < -0.4 is 0 Å². The summed E-state index contributed by atoms with van der Waals surface area (Å²) in [6.45, 7) is 2.39. The lowest BCUT2D eigenvalue weighted by molar-refractivity contribution is 0.314. The summed E-state index contributed by atoms with van der Waals surface area (Å²) in [6, 6.07) is 4.14. The summed E-state index contributed by atoms with van der Waals surface area (Å²) in [4.78, 5) is 2.45. The molecule has 76 valence electrons. The van der Waals surface area contributed by atoms with Crippen molar-refractivity contribution in [3.8, 4) is 0 Å². The van der Waals surface area contributed by atoms with E-state index in [0.29, 0.717) is 0 Å². The van der Waals surface area contributed by atoms with Gasteiger partial charge in [-0.05, 0) is 37.2 Å². The minimum Gasteiger partial charge on any atom is -0.358 e. The summed E-state index contributed by atoms with van der Waals surface area (Å²) < 4.78 is 2.18. The molecule has 0 aliphatic carbocycles. The Hall–Kier alpha value is -0.750. The third-order valence-corrected chi connectivity index (χ3v) is 3.00. The predicted molar refractivity (Wildman–Crippen MR) is 63.8 cm³/mol. The maximum absolute atomic E-state index is 2.71. The van der Waals surface area contributed by atoms with Crippen molar-refractivity contribution in [3.63, 3.8) is 0 Å². The summed E-state index contributed by atoms with van der Waals surface area (Å²) in [6.07, 6.45) is 8.23. The molecule has 0 saturated carbocycles. The first-order valence-corrected chi connectivity index (χ1v) is 5.88. The van der Waals surface area contributed by atoms with Gasteiger partial charge in [-0.15, -0.1) is 9.24 Å². The molecule has 0 bridgehead atoms. The van der Waals surface area contributed by atoms with Crippen molar-refractivity contribution < 1.29 is 0 Å². The van der Waals surface area contributed by atoms with E-state index in [-0.39, 0.29) is 0 Å². The van der Waals surface area contributed by atoms with E-state index < -0.39 is 0 Å². The Morgan fingerprint density at radius 1 is 1.07 bits per heavy atom. The van der Waals surface area contributed by atoms with Crippen LogP contribution in [0.5, 0.6) is 0 Å². The highest BCUT2D eigenvalue weighted by Crippen LogP contribution is 2.19. The smallest absolute Gasteiger partial charge is 0.112 e. The zero-order valence-electron chi connectivity index (χ0n) is 8.39. The predicted octanol–water partition coefficient (Wildman–Crippen LogP) is 2.61. The van der Waals surface area contributed by atoms with Gasteiger partial charge >= 0.3 is 0 Å². The Morgan fingerprint density at radius 3 is 2.29 bits per heavy atom. The van der Waals surface area contributed by atoms with Crippen molar-refractivity contribution in [3.05, 3.63) is 30.3 Å². The van der Waals surface area contributed by atoms with Crippen LogP contribution in [0.2, 0.25) is 0 Å². The molecular formula is C11H17N2P. The van der Waals surface area contributed by atoms with E-state index >= 15 is 0 Å². The Morgan fingerprint density at radius 2 is 1.71 bits per heavy atom. The third-order valence-electron chi connectivity index (χ3n) is 2.70. The molecule has 0 amide bonds. The molecule has 2 heterocycles. The molecule has 1 saturated heterocycles. The lowest BCUT2D eigenvalue weighted by Gasteiger charge is -2.31. The molecule has 1 aromatic heterocycles. The minimum atomic E-state index is 1.19. The van der Waals surface area contributed by atoms with Gasteiger partial charge in [-0.3, -0.25) is 0 Å². The van der Waals surface area contributed by atoms with Crippen molar-refractivity contribution in [2.45, 2.75) is 19.3 Å². The Kier molecular flexibility index (Phi) is 3.26. The first-order valence-electron chi connectivity index (χ1n) is 5.22. The van der Waals surface area contributed by atoms with Crippen molar-refractivity contribution in [2.24, 2.45) is 0 Å². The summed E-state index contributed by atoms with van der Waals surface area (Å²) in [5.74, 6) is 3.41. The maximum atomic E-state index is 2.71. The monoisotopic (exact) mass is 208 g/mol. The van der Waals surface area contributed by atoms with Gasteiger partial charge in [0.05, 0.1) is 0 Å². The van der Waals surface area contributed by atoms with Crippen LogP contribution in [-0.4, -0.2) is 22.6 Å². The van der Waals surface area contributed by atoms with Gasteiger partial charge < -0.3 is 9.47 Å². The van der Waals surface area contributed by atoms with E-state index in [0.717, 1.165) is 0 Å². The number of hydrogen-bond acceptors (Lipinski definition) is 1. The topological polar surface area (TPSA) is 8.17 Å². The number of rotatable bonds is 2. The second kappa shape index (κ2) is 4.65. The third kappa shape index (κ3) is 2.01. The van der Waals surface area contributed by atoms with Crippen LogP contribution in [0.1, 0.15) is 19.3 Å². The minimum absolute atomic E-state index is 1.19. The Bertz CT molecular complexity index is 297. The number of likely N-dealkylation sites (tertiary alicyclic amines) is 1. The van der Waals surface area contributed by atoms with Gasteiger partial charge in [-0.25, -0.2) is 0 Å². The van der Waals surface area contributed by atoms with Crippen LogP contribution >= 0.6 is 9.24 Å². The molecule has 1 atom stereocenters. The SMILES string of the molecule is PC=C(N1CCCCC1)n1cccc1. The highest BCUT2D eigenvalue weighted by Gasteiger charge is 2.13. The van der Waals surface area contributed by atoms with E-state index in [1.807, 2.05) is 0 Å². The first kappa shape index (κ1) is 9.79. The van der Waals surface area contributed by atoms with Gasteiger partial charge in [0.1, 0.15) is 5.82 Å². The summed E-state index contributed by atoms with van der Waals surface area (Å²) in [5, 5.41) is 0. The standard InChI is InChI=1S/C11H17N2P/c14-10-11(13-8-4-5-9-13)12-6-2-1-3-7-12/h4-5,8-10H,1-3,6-7,14H2. The molecular weight excluding hydrogens is 191 g/mol. The average molecular weight is 208 g/mol. The van der Waals surface area contributed by atoms with Crippen molar-refractivity contribution in [1.29, 1.82) is 0 Å². The van der Waals surface area contributed by atoms with Crippen LogP contribution in [0.3, 0.4) is 0 Å². The molecule has 0 spiro atoms. The molecule has 14 heavy (non-hydrogen) atoms. The zero-order chi connectivity index (χ0) is 9.80. The fourth-order valence-corrected chi connectivity index (χ4v) is 2.35. The molecule has 1 unspecified atom stereocenters. The average Bonchev–Trinajstić information content (AvgIpc) is 2.74. The molecule has 3 heteroatoms. The number of nitrogens with zero attached hydrogens (tertiary/aromatic N) is 2. The molecule has 0 radical (unpaired) electrons.